The van der Waals surface area contributed by atoms with Crippen LogP contribution in [0.1, 0.15) is 27.2 Å². The molecule has 0 N–H and O–H groups in total. The minimum Gasteiger partial charge on any atom is -0.444 e. The largest absolute Gasteiger partial charge is 0.444 e. The summed E-state index contributed by atoms with van der Waals surface area (Å²) in [4.78, 5) is 15.7. The van der Waals surface area contributed by atoms with Gasteiger partial charge in [-0.1, -0.05) is 0 Å². The molecule has 0 saturated carbocycles. The average Bonchev–Trinajstić information content (AvgIpc) is 2.53. The zero-order valence-corrected chi connectivity index (χ0v) is 10.8. The van der Waals surface area contributed by atoms with Gasteiger partial charge < -0.3 is 9.64 Å². The molecule has 0 aromatic heterocycles. The molecule has 0 bridgehead atoms. The molecule has 2 atom stereocenters. The van der Waals surface area contributed by atoms with E-state index in [2.05, 4.69) is 4.90 Å². The Morgan fingerprint density at radius 3 is 2.65 bits per heavy atom. The molecule has 4 nitrogen and oxygen atoms in total. The molecular formula is C12H21FN2O2. The molecule has 2 aliphatic heterocycles. The molecule has 5 heteroatoms. The molecule has 2 heterocycles. The molecule has 2 rings (SSSR count). The van der Waals surface area contributed by atoms with Crippen LogP contribution in [-0.4, -0.2) is 59.9 Å². The number of ether oxygens (including phenoxy) is 1. The first-order valence-corrected chi connectivity index (χ1v) is 6.21. The summed E-state index contributed by atoms with van der Waals surface area (Å²) in [5.41, 5.74) is -0.466. The number of rotatable bonds is 0. The summed E-state index contributed by atoms with van der Waals surface area (Å²) in [6.07, 6.45) is -0.475. The van der Waals surface area contributed by atoms with Gasteiger partial charge >= 0.3 is 6.09 Å². The highest BCUT2D eigenvalue weighted by Gasteiger charge is 2.38. The number of hydrogen-bond acceptors (Lipinski definition) is 3. The maximum atomic E-state index is 13.2. The second-order valence-electron chi connectivity index (χ2n) is 5.91. The summed E-state index contributed by atoms with van der Waals surface area (Å²) < 4.78 is 18.6. The molecule has 2 saturated heterocycles. The fourth-order valence-electron chi connectivity index (χ4n) is 2.47. The molecular weight excluding hydrogens is 223 g/mol. The fraction of sp³-hybridized carbons (Fsp3) is 0.917. The summed E-state index contributed by atoms with van der Waals surface area (Å²) in [6, 6.07) is 0.172. The predicted molar refractivity (Wildman–Crippen MR) is 62.7 cm³/mol. The van der Waals surface area contributed by atoms with Gasteiger partial charge in [-0.2, -0.15) is 0 Å². The SMILES string of the molecule is CC(C)(C)OC(=O)N1CCN2C[C@@H](F)C[C@H]2C1. The fourth-order valence-corrected chi connectivity index (χ4v) is 2.47. The minimum atomic E-state index is -0.737. The molecule has 2 fully saturated rings. The van der Waals surface area contributed by atoms with E-state index >= 15 is 0 Å². The number of hydrogen-bond donors (Lipinski definition) is 0. The highest BCUT2D eigenvalue weighted by Crippen LogP contribution is 2.24. The van der Waals surface area contributed by atoms with Crippen LogP contribution in [0, 0.1) is 0 Å². The monoisotopic (exact) mass is 244 g/mol. The standard InChI is InChI=1S/C12H21FN2O2/c1-12(2,3)17-11(16)15-5-4-14-7-9(13)6-10(14)8-15/h9-10H,4-8H2,1-3H3/t9-,10-/m0/s1. The number of alkyl halides is 1. The van der Waals surface area contributed by atoms with E-state index in [9.17, 15) is 9.18 Å². The van der Waals surface area contributed by atoms with Crippen LogP contribution >= 0.6 is 0 Å². The van der Waals surface area contributed by atoms with E-state index in [1.807, 2.05) is 20.8 Å². The van der Waals surface area contributed by atoms with Crippen LogP contribution in [0.15, 0.2) is 0 Å². The average molecular weight is 244 g/mol. The first-order chi connectivity index (χ1) is 7.85. The highest BCUT2D eigenvalue weighted by atomic mass is 19.1. The second-order valence-corrected chi connectivity index (χ2v) is 5.91. The number of carbonyl (C=O) groups is 1. The van der Waals surface area contributed by atoms with Gasteiger partial charge in [-0.15, -0.1) is 0 Å². The Morgan fingerprint density at radius 2 is 2.00 bits per heavy atom. The molecule has 0 spiro atoms. The number of amides is 1. The van der Waals surface area contributed by atoms with E-state index in [1.165, 1.54) is 0 Å². The second kappa shape index (κ2) is 4.44. The van der Waals surface area contributed by atoms with E-state index in [1.54, 1.807) is 4.90 Å². The van der Waals surface area contributed by atoms with Crippen molar-refractivity contribution in [1.29, 1.82) is 0 Å². The van der Waals surface area contributed by atoms with Gasteiger partial charge in [0.05, 0.1) is 0 Å². The summed E-state index contributed by atoms with van der Waals surface area (Å²) in [6.45, 7) is 8.07. The maximum absolute atomic E-state index is 13.2. The third-order valence-electron chi connectivity index (χ3n) is 3.22. The molecule has 98 valence electrons. The number of carbonyl (C=O) groups excluding carboxylic acids is 1. The van der Waals surface area contributed by atoms with Crippen molar-refractivity contribution in [3.05, 3.63) is 0 Å². The summed E-state index contributed by atoms with van der Waals surface area (Å²) in [5, 5.41) is 0. The molecule has 0 aromatic carbocycles. The maximum Gasteiger partial charge on any atom is 0.410 e. The third-order valence-corrected chi connectivity index (χ3v) is 3.22. The Labute approximate surface area is 102 Å². The van der Waals surface area contributed by atoms with E-state index < -0.39 is 11.8 Å². The number of fused-ring (bicyclic) bond motifs is 1. The number of nitrogens with zero attached hydrogens (tertiary/aromatic N) is 2. The quantitative estimate of drug-likeness (QED) is 0.649. The van der Waals surface area contributed by atoms with E-state index in [4.69, 9.17) is 4.74 Å². The Morgan fingerprint density at radius 1 is 1.29 bits per heavy atom. The minimum absolute atomic E-state index is 0.172. The zero-order chi connectivity index (χ0) is 12.6. The van der Waals surface area contributed by atoms with Gasteiger partial charge in [-0.25, -0.2) is 9.18 Å². The van der Waals surface area contributed by atoms with Gasteiger partial charge in [0.25, 0.3) is 0 Å². The van der Waals surface area contributed by atoms with Crippen molar-refractivity contribution in [3.8, 4) is 0 Å². The highest BCUT2D eigenvalue weighted by molar-refractivity contribution is 5.68. The Bertz CT molecular complexity index is 303. The Kier molecular flexibility index (Phi) is 3.30. The summed E-state index contributed by atoms with van der Waals surface area (Å²) in [5.74, 6) is 0. The van der Waals surface area contributed by atoms with E-state index in [0.29, 0.717) is 26.1 Å². The lowest BCUT2D eigenvalue weighted by atomic mass is 10.1. The Hall–Kier alpha value is -0.840. The van der Waals surface area contributed by atoms with E-state index in [0.717, 1.165) is 6.54 Å². The zero-order valence-electron chi connectivity index (χ0n) is 10.8. The lowest BCUT2D eigenvalue weighted by molar-refractivity contribution is 0.00924. The van der Waals surface area contributed by atoms with Crippen LogP contribution in [0.4, 0.5) is 9.18 Å². The van der Waals surface area contributed by atoms with Crippen LogP contribution in [0.3, 0.4) is 0 Å². The van der Waals surface area contributed by atoms with Gasteiger partial charge in [-0.3, -0.25) is 4.90 Å². The summed E-state index contributed by atoms with van der Waals surface area (Å²) >= 11 is 0. The molecule has 0 unspecified atom stereocenters. The van der Waals surface area contributed by atoms with Crippen molar-refractivity contribution < 1.29 is 13.9 Å². The number of halogens is 1. The number of piperazine rings is 1. The van der Waals surface area contributed by atoms with Crippen LogP contribution in [0.25, 0.3) is 0 Å². The van der Waals surface area contributed by atoms with Crippen molar-refractivity contribution in [3.63, 3.8) is 0 Å². The molecule has 0 aliphatic carbocycles. The van der Waals surface area contributed by atoms with Crippen molar-refractivity contribution >= 4 is 6.09 Å². The van der Waals surface area contributed by atoms with Gasteiger partial charge in [-0.05, 0) is 27.2 Å². The van der Waals surface area contributed by atoms with Crippen molar-refractivity contribution in [2.24, 2.45) is 0 Å². The first-order valence-electron chi connectivity index (χ1n) is 6.21. The van der Waals surface area contributed by atoms with Crippen LogP contribution in [0.5, 0.6) is 0 Å². The lowest BCUT2D eigenvalue weighted by Crippen LogP contribution is -2.53. The van der Waals surface area contributed by atoms with Gasteiger partial charge in [0.2, 0.25) is 0 Å². The van der Waals surface area contributed by atoms with Crippen molar-refractivity contribution in [2.45, 2.75) is 45.0 Å². The molecule has 17 heavy (non-hydrogen) atoms. The lowest BCUT2D eigenvalue weighted by Gasteiger charge is -2.37. The predicted octanol–water partition coefficient (Wildman–Crippen LogP) is 1.65. The van der Waals surface area contributed by atoms with Crippen LogP contribution < -0.4 is 0 Å². The molecule has 2 aliphatic rings. The van der Waals surface area contributed by atoms with Gasteiger partial charge in [0.1, 0.15) is 11.8 Å². The first kappa shape index (κ1) is 12.6. The van der Waals surface area contributed by atoms with Crippen molar-refractivity contribution in [2.75, 3.05) is 26.2 Å². The van der Waals surface area contributed by atoms with E-state index in [-0.39, 0.29) is 12.1 Å². The van der Waals surface area contributed by atoms with Gasteiger partial charge in [0.15, 0.2) is 0 Å². The molecule has 0 radical (unpaired) electrons. The summed E-state index contributed by atoms with van der Waals surface area (Å²) in [7, 11) is 0. The van der Waals surface area contributed by atoms with Gasteiger partial charge in [0, 0.05) is 32.2 Å². The molecule has 1 amide bonds. The van der Waals surface area contributed by atoms with Crippen molar-refractivity contribution in [1.82, 2.24) is 9.80 Å². The third kappa shape index (κ3) is 3.09. The normalized spacial score (nSPS) is 30.2. The Balaban J connectivity index is 1.90. The van der Waals surface area contributed by atoms with Crippen LogP contribution in [-0.2, 0) is 4.74 Å². The topological polar surface area (TPSA) is 32.8 Å². The van der Waals surface area contributed by atoms with Crippen LogP contribution in [0.2, 0.25) is 0 Å². The smallest absolute Gasteiger partial charge is 0.410 e. The molecule has 0 aromatic rings.